The monoisotopic (exact) mass is 419 g/mol. The summed E-state index contributed by atoms with van der Waals surface area (Å²) >= 11 is 0. The minimum atomic E-state index is 0. The zero-order chi connectivity index (χ0) is 15.5. The van der Waals surface area contributed by atoms with Gasteiger partial charge in [-0.3, -0.25) is 4.99 Å². The van der Waals surface area contributed by atoms with Gasteiger partial charge in [-0.15, -0.1) is 24.0 Å². The molecule has 22 heavy (non-hydrogen) atoms. The van der Waals surface area contributed by atoms with Gasteiger partial charge in [0.1, 0.15) is 5.75 Å². The highest BCUT2D eigenvalue weighted by Crippen LogP contribution is 2.26. The van der Waals surface area contributed by atoms with Crippen molar-refractivity contribution in [1.82, 2.24) is 5.32 Å². The van der Waals surface area contributed by atoms with Crippen molar-refractivity contribution >= 4 is 29.9 Å². The molecule has 0 heterocycles. The Balaban J connectivity index is 0.00000441. The maximum Gasteiger partial charge on any atom is 0.188 e. The van der Waals surface area contributed by atoms with E-state index < -0.39 is 0 Å². The van der Waals surface area contributed by atoms with Crippen molar-refractivity contribution in [1.29, 1.82) is 0 Å². The Hall–Kier alpha value is -0.980. The molecule has 1 atom stereocenters. The number of benzene rings is 1. The fourth-order valence-electron chi connectivity index (χ4n) is 2.23. The first kappa shape index (κ1) is 21.0. The molecule has 0 spiro atoms. The molecule has 0 radical (unpaired) electrons. The van der Waals surface area contributed by atoms with E-state index in [-0.39, 0.29) is 29.9 Å². The van der Waals surface area contributed by atoms with Gasteiger partial charge in [0.25, 0.3) is 0 Å². The van der Waals surface area contributed by atoms with Gasteiger partial charge in [-0.05, 0) is 18.1 Å². The topological polar surface area (TPSA) is 59.6 Å². The van der Waals surface area contributed by atoms with Crippen LogP contribution in [-0.4, -0.2) is 26.2 Å². The summed E-state index contributed by atoms with van der Waals surface area (Å²) in [5.41, 5.74) is 7.06. The molecular formula is C17H30IN3O. The molecule has 1 rings (SSSR count). The summed E-state index contributed by atoms with van der Waals surface area (Å²) in [4.78, 5) is 4.42. The summed E-state index contributed by atoms with van der Waals surface area (Å²) in [5.74, 6) is 1.72. The third-order valence-electron chi connectivity index (χ3n) is 3.54. The van der Waals surface area contributed by atoms with E-state index in [0.717, 1.165) is 18.7 Å². The number of aliphatic imine (C=N–C) groups is 1. The minimum absolute atomic E-state index is 0. The van der Waals surface area contributed by atoms with Crippen LogP contribution in [0.4, 0.5) is 0 Å². The molecule has 5 heteroatoms. The van der Waals surface area contributed by atoms with Crippen LogP contribution in [0.2, 0.25) is 0 Å². The molecule has 0 saturated carbocycles. The number of para-hydroxylation sites is 1. The maximum absolute atomic E-state index is 5.89. The van der Waals surface area contributed by atoms with Crippen molar-refractivity contribution in [3.63, 3.8) is 0 Å². The quantitative estimate of drug-likeness (QED) is 0.276. The van der Waals surface area contributed by atoms with Crippen LogP contribution in [0.3, 0.4) is 0 Å². The van der Waals surface area contributed by atoms with Gasteiger partial charge in [-0.25, -0.2) is 0 Å². The number of nitrogens with one attached hydrogen (secondary N) is 1. The Kier molecular flexibility index (Phi) is 12.0. The normalized spacial score (nSPS) is 12.4. The molecule has 3 N–H and O–H groups in total. The van der Waals surface area contributed by atoms with Crippen LogP contribution in [0.5, 0.6) is 5.75 Å². The average Bonchev–Trinajstić information content (AvgIpc) is 2.52. The van der Waals surface area contributed by atoms with Crippen LogP contribution in [0.25, 0.3) is 0 Å². The number of rotatable bonds is 9. The number of nitrogens with two attached hydrogens (primary N) is 1. The van der Waals surface area contributed by atoms with Crippen LogP contribution in [0.15, 0.2) is 29.3 Å². The smallest absolute Gasteiger partial charge is 0.188 e. The predicted molar refractivity (Wildman–Crippen MR) is 105 cm³/mol. The Morgan fingerprint density at radius 1 is 1.27 bits per heavy atom. The second-order valence-corrected chi connectivity index (χ2v) is 5.36. The van der Waals surface area contributed by atoms with Crippen LogP contribution in [-0.2, 0) is 0 Å². The molecule has 0 fully saturated rings. The number of hydrogen-bond acceptors (Lipinski definition) is 2. The molecule has 0 aromatic heterocycles. The summed E-state index contributed by atoms with van der Waals surface area (Å²) in [7, 11) is 1.70. The number of nitrogens with zero attached hydrogens (tertiary/aromatic N) is 1. The second-order valence-electron chi connectivity index (χ2n) is 5.36. The van der Waals surface area contributed by atoms with Crippen molar-refractivity contribution in [2.24, 2.45) is 10.7 Å². The fourth-order valence-corrected chi connectivity index (χ4v) is 2.23. The van der Waals surface area contributed by atoms with Gasteiger partial charge in [0.05, 0.1) is 7.11 Å². The number of ether oxygens (including phenoxy) is 1. The summed E-state index contributed by atoms with van der Waals surface area (Å²) in [6, 6.07) is 8.05. The number of halogens is 1. The summed E-state index contributed by atoms with van der Waals surface area (Å²) in [5, 5.41) is 3.17. The Labute approximate surface area is 151 Å². The number of hydrogen-bond donors (Lipinski definition) is 2. The van der Waals surface area contributed by atoms with E-state index in [9.17, 15) is 0 Å². The number of guanidine groups is 1. The minimum Gasteiger partial charge on any atom is -0.496 e. The average molecular weight is 419 g/mol. The lowest BCUT2D eigenvalue weighted by Gasteiger charge is -2.14. The van der Waals surface area contributed by atoms with Gasteiger partial charge in [-0.2, -0.15) is 0 Å². The zero-order valence-electron chi connectivity index (χ0n) is 14.0. The van der Waals surface area contributed by atoms with Gasteiger partial charge in [0.15, 0.2) is 5.96 Å². The molecular weight excluding hydrogens is 389 g/mol. The van der Waals surface area contributed by atoms with Gasteiger partial charge >= 0.3 is 0 Å². The third-order valence-corrected chi connectivity index (χ3v) is 3.54. The number of unbranched alkanes of at least 4 members (excludes halogenated alkanes) is 3. The van der Waals surface area contributed by atoms with E-state index >= 15 is 0 Å². The van der Waals surface area contributed by atoms with E-state index in [0.29, 0.717) is 12.5 Å². The number of methoxy groups -OCH3 is 1. The third kappa shape index (κ3) is 7.87. The summed E-state index contributed by atoms with van der Waals surface area (Å²) in [6.45, 7) is 5.91. The Bertz CT molecular complexity index is 438. The van der Waals surface area contributed by atoms with Gasteiger partial charge in [0.2, 0.25) is 0 Å². The van der Waals surface area contributed by atoms with E-state index in [2.05, 4.69) is 30.2 Å². The fraction of sp³-hybridized carbons (Fsp3) is 0.588. The van der Waals surface area contributed by atoms with Crippen molar-refractivity contribution in [3.8, 4) is 5.75 Å². The second kappa shape index (κ2) is 12.6. The standard InChI is InChI=1S/C17H29N3O.HI/c1-4-5-6-9-12-19-17(18)20-13-14(2)15-10-7-8-11-16(15)21-3;/h7-8,10-11,14H,4-6,9,12-13H2,1-3H3,(H3,18,19,20);1H. The Morgan fingerprint density at radius 3 is 2.68 bits per heavy atom. The SMILES string of the molecule is CCCCCCNC(N)=NCC(C)c1ccccc1OC.I. The lowest BCUT2D eigenvalue weighted by atomic mass is 10.0. The highest BCUT2D eigenvalue weighted by Gasteiger charge is 2.10. The van der Waals surface area contributed by atoms with Crippen molar-refractivity contribution < 1.29 is 4.74 Å². The van der Waals surface area contributed by atoms with E-state index in [4.69, 9.17) is 10.5 Å². The molecule has 1 aromatic carbocycles. The highest BCUT2D eigenvalue weighted by atomic mass is 127. The molecule has 126 valence electrons. The predicted octanol–water partition coefficient (Wildman–Crippen LogP) is 3.90. The van der Waals surface area contributed by atoms with Crippen LogP contribution < -0.4 is 15.8 Å². The van der Waals surface area contributed by atoms with Crippen LogP contribution in [0.1, 0.15) is 51.0 Å². The molecule has 0 aliphatic carbocycles. The van der Waals surface area contributed by atoms with Crippen molar-refractivity contribution in [3.05, 3.63) is 29.8 Å². The van der Waals surface area contributed by atoms with Gasteiger partial charge in [0, 0.05) is 19.0 Å². The van der Waals surface area contributed by atoms with Crippen LogP contribution in [0, 0.1) is 0 Å². The van der Waals surface area contributed by atoms with Gasteiger partial charge < -0.3 is 15.8 Å². The molecule has 1 aromatic rings. The van der Waals surface area contributed by atoms with Crippen molar-refractivity contribution in [2.75, 3.05) is 20.2 Å². The lowest BCUT2D eigenvalue weighted by Crippen LogP contribution is -2.32. The molecule has 0 bridgehead atoms. The summed E-state index contributed by atoms with van der Waals surface area (Å²) < 4.78 is 5.38. The van der Waals surface area contributed by atoms with Crippen LogP contribution >= 0.6 is 24.0 Å². The Morgan fingerprint density at radius 2 is 2.00 bits per heavy atom. The van der Waals surface area contributed by atoms with E-state index in [1.807, 2.05) is 18.2 Å². The molecule has 1 unspecified atom stereocenters. The lowest BCUT2D eigenvalue weighted by molar-refractivity contribution is 0.407. The van der Waals surface area contributed by atoms with E-state index in [1.165, 1.54) is 24.8 Å². The molecule has 0 amide bonds. The zero-order valence-corrected chi connectivity index (χ0v) is 16.3. The van der Waals surface area contributed by atoms with Gasteiger partial charge in [-0.1, -0.05) is 51.3 Å². The first-order valence-corrected chi connectivity index (χ1v) is 7.85. The first-order valence-electron chi connectivity index (χ1n) is 7.85. The first-order chi connectivity index (χ1) is 10.2. The molecule has 0 saturated heterocycles. The maximum atomic E-state index is 5.89. The largest absolute Gasteiger partial charge is 0.496 e. The van der Waals surface area contributed by atoms with E-state index in [1.54, 1.807) is 7.11 Å². The highest BCUT2D eigenvalue weighted by molar-refractivity contribution is 14.0. The molecule has 0 aliphatic rings. The molecule has 0 aliphatic heterocycles. The summed E-state index contributed by atoms with van der Waals surface area (Å²) in [6.07, 6.45) is 4.92. The van der Waals surface area contributed by atoms with Crippen molar-refractivity contribution in [2.45, 2.75) is 45.4 Å². The molecule has 4 nitrogen and oxygen atoms in total.